The van der Waals surface area contributed by atoms with Crippen molar-refractivity contribution in [3.8, 4) is 0 Å². The summed E-state index contributed by atoms with van der Waals surface area (Å²) in [6.07, 6.45) is 1.77. The lowest BCUT2D eigenvalue weighted by atomic mass is 9.29. The van der Waals surface area contributed by atoms with Crippen molar-refractivity contribution in [2.45, 2.75) is 39.3 Å². The topological polar surface area (TPSA) is 0 Å². The molecule has 0 aliphatic heterocycles. The van der Waals surface area contributed by atoms with E-state index >= 15 is 0 Å². The summed E-state index contributed by atoms with van der Waals surface area (Å²) >= 11 is 0. The van der Waals surface area contributed by atoms with E-state index in [9.17, 15) is 4.32 Å². The summed E-state index contributed by atoms with van der Waals surface area (Å²) in [4.78, 5) is 0. The Kier molecular flexibility index (Phi) is 4.93. The van der Waals surface area contributed by atoms with Gasteiger partial charge in [0.05, 0.1) is 0 Å². The van der Waals surface area contributed by atoms with Crippen LogP contribution in [0, 0.1) is 0 Å². The Morgan fingerprint density at radius 2 is 2.11 bits per heavy atom. The quantitative estimate of drug-likeness (QED) is 0.508. The molecule has 0 bridgehead atoms. The average molecular weight is 128 g/mol. The van der Waals surface area contributed by atoms with E-state index in [-0.39, 0.29) is 0 Å². The maximum absolute atomic E-state index is 12.6. The van der Waals surface area contributed by atoms with E-state index in [4.69, 9.17) is 0 Å². The maximum Gasteiger partial charge on any atom is 0.306 e. The van der Waals surface area contributed by atoms with Gasteiger partial charge >= 0.3 is 6.88 Å². The van der Waals surface area contributed by atoms with Gasteiger partial charge in [-0.2, -0.15) is 0 Å². The molecule has 1 atom stereocenters. The first-order valence-corrected chi connectivity index (χ1v) is 3.84. The molecule has 52 valence electrons. The van der Waals surface area contributed by atoms with E-state index in [0.29, 0.717) is 12.1 Å². The lowest BCUT2D eigenvalue weighted by Crippen LogP contribution is -2.18. The molecule has 0 rings (SSSR count). The van der Waals surface area contributed by atoms with Gasteiger partial charge in [-0.15, -0.1) is 0 Å². The maximum atomic E-state index is 12.6. The van der Waals surface area contributed by atoms with Crippen LogP contribution in [-0.4, -0.2) is 14.1 Å². The third kappa shape index (κ3) is 4.56. The molecule has 0 spiro atoms. The molecule has 3 heteroatoms. The molecule has 0 amide bonds. The Balaban J connectivity index is 3.22. The first kappa shape index (κ1) is 9.06. The Labute approximate surface area is 58.6 Å². The first-order valence-electron chi connectivity index (χ1n) is 3.84. The number of rotatable bonds is 4. The minimum Gasteiger partial charge on any atom is -0.347 e. The molecule has 0 aromatic heterocycles. The largest absolute Gasteiger partial charge is 0.347 e. The minimum absolute atomic E-state index is 0.556. The van der Waals surface area contributed by atoms with Gasteiger partial charge in [-0.25, -0.2) is 0 Å². The van der Waals surface area contributed by atoms with Gasteiger partial charge in [-0.1, -0.05) is 39.3 Å². The highest BCUT2D eigenvalue weighted by Gasteiger charge is 2.15. The van der Waals surface area contributed by atoms with Gasteiger partial charge in [0.15, 0.2) is 0 Å². The molecule has 0 N–H and O–H groups in total. The first-order chi connectivity index (χ1) is 4.20. The Morgan fingerprint density at radius 1 is 1.56 bits per heavy atom. The zero-order chi connectivity index (χ0) is 7.28. The smallest absolute Gasteiger partial charge is 0.306 e. The summed E-state index contributed by atoms with van der Waals surface area (Å²) in [6, 6.07) is 0. The van der Waals surface area contributed by atoms with Crippen LogP contribution in [0.2, 0.25) is 12.1 Å². The third-order valence-corrected chi connectivity index (χ3v) is 1.80. The van der Waals surface area contributed by atoms with E-state index in [1.165, 1.54) is 0 Å². The van der Waals surface area contributed by atoms with Gasteiger partial charge in [0.25, 0.3) is 0 Å². The van der Waals surface area contributed by atoms with Gasteiger partial charge in [0, 0.05) is 0 Å². The molecule has 0 saturated carbocycles. The predicted octanol–water partition coefficient (Wildman–Crippen LogP) is 2.12. The van der Waals surface area contributed by atoms with Crippen molar-refractivity contribution < 1.29 is 4.32 Å². The fourth-order valence-electron chi connectivity index (χ4n) is 0.770. The van der Waals surface area contributed by atoms with Gasteiger partial charge in [-0.05, 0) is 0 Å². The Morgan fingerprint density at radius 3 is 2.44 bits per heavy atom. The number of hydrogen-bond donors (Lipinski definition) is 0. The molecule has 9 heavy (non-hydrogen) atoms. The van der Waals surface area contributed by atoms with Crippen LogP contribution in [0.15, 0.2) is 0 Å². The Hall–Kier alpha value is 0.0599. The molecule has 0 aliphatic carbocycles. The van der Waals surface area contributed by atoms with Crippen molar-refractivity contribution in [3.05, 3.63) is 0 Å². The third-order valence-electron chi connectivity index (χ3n) is 1.80. The lowest BCUT2D eigenvalue weighted by molar-refractivity contribution is 0.832. The highest BCUT2D eigenvalue weighted by Crippen LogP contribution is 2.08. The molecule has 0 heterocycles. The fourth-order valence-corrected chi connectivity index (χ4v) is 0.770. The summed E-state index contributed by atoms with van der Waals surface area (Å²) in [7, 11) is 0.743. The van der Waals surface area contributed by atoms with Gasteiger partial charge in [-0.3, -0.25) is 0 Å². The molecule has 0 unspecified atom stereocenters. The van der Waals surface area contributed by atoms with Crippen LogP contribution in [-0.2, 0) is 0 Å². The minimum atomic E-state index is -0.569. The van der Waals surface area contributed by atoms with Crippen LogP contribution in [0.25, 0.3) is 0 Å². The molecule has 0 aromatic carbocycles. The summed E-state index contributed by atoms with van der Waals surface area (Å²) in [5.74, 6) is 0.556. The molecule has 0 aliphatic rings. The van der Waals surface area contributed by atoms with E-state index in [1.54, 1.807) is 0 Å². The van der Waals surface area contributed by atoms with Crippen molar-refractivity contribution in [1.29, 1.82) is 0 Å². The summed E-state index contributed by atoms with van der Waals surface area (Å²) in [5, 5.41) is 0. The van der Waals surface area contributed by atoms with Crippen LogP contribution in [0.1, 0.15) is 27.2 Å². The number of hydrogen-bond acceptors (Lipinski definition) is 0. The van der Waals surface area contributed by atoms with Crippen LogP contribution in [0.4, 0.5) is 4.32 Å². The normalized spacial score (nSPS) is 12.9. The SMILES string of the molecule is CCB(F)B[C@H](C)CC. The van der Waals surface area contributed by atoms with Crippen LogP contribution < -0.4 is 0 Å². The van der Waals surface area contributed by atoms with Gasteiger partial charge in [0.2, 0.25) is 0 Å². The average Bonchev–Trinajstić information content (AvgIpc) is 1.87. The second kappa shape index (κ2) is 4.89. The van der Waals surface area contributed by atoms with Crippen LogP contribution >= 0.6 is 0 Å². The van der Waals surface area contributed by atoms with Gasteiger partial charge < -0.3 is 4.32 Å². The molecule has 0 nitrogen and oxygen atoms in total. The summed E-state index contributed by atoms with van der Waals surface area (Å²) in [6.45, 7) is 5.53. The van der Waals surface area contributed by atoms with Crippen LogP contribution in [0.3, 0.4) is 0 Å². The molecule has 0 aromatic rings. The van der Waals surface area contributed by atoms with E-state index in [0.717, 1.165) is 13.6 Å². The Bertz CT molecular complexity index is 60.1. The van der Waals surface area contributed by atoms with Crippen molar-refractivity contribution in [1.82, 2.24) is 0 Å². The lowest BCUT2D eigenvalue weighted by Gasteiger charge is -2.04. The standard InChI is InChI=1S/C6H15B2F/c1-4-6(3)7-8(9)5-2/h6-7H,4-5H2,1-3H3/t6-/m1/s1. The number of halogens is 1. The second-order valence-corrected chi connectivity index (χ2v) is 2.75. The van der Waals surface area contributed by atoms with Gasteiger partial charge in [0.1, 0.15) is 7.17 Å². The molecule has 0 saturated heterocycles. The molecule has 0 radical (unpaired) electrons. The second-order valence-electron chi connectivity index (χ2n) is 2.75. The van der Waals surface area contributed by atoms with E-state index in [1.807, 2.05) is 6.92 Å². The van der Waals surface area contributed by atoms with Crippen LogP contribution in [0.5, 0.6) is 0 Å². The van der Waals surface area contributed by atoms with Crippen molar-refractivity contribution in [3.63, 3.8) is 0 Å². The summed E-state index contributed by atoms with van der Waals surface area (Å²) in [5.41, 5.74) is 0. The summed E-state index contributed by atoms with van der Waals surface area (Å²) < 4.78 is 12.6. The molecular formula is C6H15B2F. The molecule has 0 fully saturated rings. The van der Waals surface area contributed by atoms with Crippen molar-refractivity contribution in [2.24, 2.45) is 0 Å². The molecular weight excluding hydrogens is 113 g/mol. The van der Waals surface area contributed by atoms with Crippen molar-refractivity contribution in [2.75, 3.05) is 0 Å². The highest BCUT2D eigenvalue weighted by atomic mass is 19.1. The predicted molar refractivity (Wildman–Crippen MR) is 44.2 cm³/mol. The zero-order valence-corrected chi connectivity index (χ0v) is 6.65. The monoisotopic (exact) mass is 128 g/mol. The fraction of sp³-hybridized carbons (Fsp3) is 1.00. The van der Waals surface area contributed by atoms with E-state index in [2.05, 4.69) is 13.8 Å². The zero-order valence-electron chi connectivity index (χ0n) is 6.65. The highest BCUT2D eigenvalue weighted by molar-refractivity contribution is 7.09. The van der Waals surface area contributed by atoms with Crippen molar-refractivity contribution >= 4 is 14.1 Å². The van der Waals surface area contributed by atoms with E-state index < -0.39 is 6.88 Å².